The van der Waals surface area contributed by atoms with Gasteiger partial charge in [0.1, 0.15) is 16.7 Å². The van der Waals surface area contributed by atoms with Gasteiger partial charge in [0.15, 0.2) is 0 Å². The van der Waals surface area contributed by atoms with E-state index in [-0.39, 0.29) is 17.6 Å². The van der Waals surface area contributed by atoms with Crippen LogP contribution < -0.4 is 16.4 Å². The first-order valence-electron chi connectivity index (χ1n) is 9.00. The number of aromatic nitrogens is 3. The van der Waals surface area contributed by atoms with Crippen molar-refractivity contribution in [3.8, 4) is 0 Å². The summed E-state index contributed by atoms with van der Waals surface area (Å²) in [6.45, 7) is 4.66. The fourth-order valence-corrected chi connectivity index (χ4v) is 4.80. The second-order valence-corrected chi connectivity index (χ2v) is 8.65. The topological polar surface area (TPSA) is 103 Å². The molecule has 2 aromatic rings. The number of halogens is 1. The normalized spacial score (nSPS) is 24.5. The van der Waals surface area contributed by atoms with E-state index in [1.165, 1.54) is 11.8 Å². The Hall–Kier alpha value is -1.61. The zero-order valence-corrected chi connectivity index (χ0v) is 16.7. The van der Waals surface area contributed by atoms with Crippen molar-refractivity contribution in [3.05, 3.63) is 29.7 Å². The minimum absolute atomic E-state index is 0.108. The summed E-state index contributed by atoms with van der Waals surface area (Å²) >= 11 is 7.61. The van der Waals surface area contributed by atoms with Gasteiger partial charge in [-0.3, -0.25) is 0 Å². The van der Waals surface area contributed by atoms with Crippen LogP contribution in [0, 0.1) is 5.41 Å². The molecule has 2 fully saturated rings. The molecule has 0 aromatic carbocycles. The second kappa shape index (κ2) is 7.43. The van der Waals surface area contributed by atoms with E-state index in [0.29, 0.717) is 10.8 Å². The Morgan fingerprint density at radius 1 is 1.26 bits per heavy atom. The number of nitrogen functional groups attached to an aromatic ring is 1. The van der Waals surface area contributed by atoms with Gasteiger partial charge in [-0.2, -0.15) is 0 Å². The van der Waals surface area contributed by atoms with Gasteiger partial charge in [0.2, 0.25) is 0 Å². The summed E-state index contributed by atoms with van der Waals surface area (Å²) in [5.74, 6) is 1.20. The van der Waals surface area contributed by atoms with Gasteiger partial charge in [-0.05, 0) is 25.8 Å². The Bertz CT molecular complexity index is 812. The molecule has 2 aliphatic rings. The van der Waals surface area contributed by atoms with Crippen molar-refractivity contribution in [1.82, 2.24) is 15.0 Å². The molecule has 2 aromatic heterocycles. The first kappa shape index (κ1) is 18.7. The molecular weight excluding hydrogens is 384 g/mol. The summed E-state index contributed by atoms with van der Waals surface area (Å²) in [7, 11) is 0. The molecule has 0 aliphatic carbocycles. The monoisotopic (exact) mass is 406 g/mol. The fraction of sp³-hybridized carbons (Fsp3) is 0.500. The molecule has 4 rings (SSSR count). The first-order chi connectivity index (χ1) is 13.0. The van der Waals surface area contributed by atoms with Crippen molar-refractivity contribution in [2.45, 2.75) is 41.8 Å². The quantitative estimate of drug-likeness (QED) is 0.801. The number of rotatable bonds is 3. The van der Waals surface area contributed by atoms with Crippen LogP contribution >= 0.6 is 23.4 Å². The standard InChI is InChI=1S/C18H23ClN6OS/c1-11-16(20)18(10-26-11)3-6-25(7-4-18)13-8-24-14(9-23-13)27-12-2-5-22-17(21)15(12)19/h2,5,8-9,11,16H,3-4,6-7,10,20H2,1H3,(H2,21,22)/t11-,16-/m1/s1. The third-order valence-corrected chi connectivity index (χ3v) is 7.13. The maximum absolute atomic E-state index is 6.39. The lowest BCUT2D eigenvalue weighted by molar-refractivity contribution is 0.0974. The van der Waals surface area contributed by atoms with E-state index in [1.54, 1.807) is 12.4 Å². The number of nitrogens with zero attached hydrogens (tertiary/aromatic N) is 4. The number of anilines is 2. The van der Waals surface area contributed by atoms with Crippen LogP contribution in [-0.2, 0) is 4.74 Å². The molecular formula is C18H23ClN6OS. The highest BCUT2D eigenvalue weighted by Gasteiger charge is 2.47. The van der Waals surface area contributed by atoms with E-state index < -0.39 is 0 Å². The van der Waals surface area contributed by atoms with E-state index >= 15 is 0 Å². The molecule has 4 heterocycles. The Labute approximate surface area is 167 Å². The molecule has 2 atom stereocenters. The second-order valence-electron chi connectivity index (χ2n) is 7.21. The lowest BCUT2D eigenvalue weighted by Crippen LogP contribution is -2.50. The highest BCUT2D eigenvalue weighted by atomic mass is 35.5. The average molecular weight is 407 g/mol. The van der Waals surface area contributed by atoms with Crippen LogP contribution in [0.1, 0.15) is 19.8 Å². The minimum Gasteiger partial charge on any atom is -0.382 e. The van der Waals surface area contributed by atoms with E-state index in [9.17, 15) is 0 Å². The van der Waals surface area contributed by atoms with Crippen LogP contribution in [0.2, 0.25) is 5.02 Å². The number of nitrogens with two attached hydrogens (primary N) is 2. The Morgan fingerprint density at radius 2 is 2.04 bits per heavy atom. The summed E-state index contributed by atoms with van der Waals surface area (Å²) < 4.78 is 5.79. The Balaban J connectivity index is 1.41. The largest absolute Gasteiger partial charge is 0.382 e. The van der Waals surface area contributed by atoms with Crippen LogP contribution in [0.15, 0.2) is 34.6 Å². The zero-order chi connectivity index (χ0) is 19.0. The third-order valence-electron chi connectivity index (χ3n) is 5.64. The van der Waals surface area contributed by atoms with Crippen molar-refractivity contribution in [3.63, 3.8) is 0 Å². The molecule has 0 radical (unpaired) electrons. The van der Waals surface area contributed by atoms with Crippen LogP contribution in [0.3, 0.4) is 0 Å². The summed E-state index contributed by atoms with van der Waals surface area (Å²) in [5.41, 5.74) is 12.2. The molecule has 0 amide bonds. The molecule has 0 saturated carbocycles. The smallest absolute Gasteiger partial charge is 0.147 e. The maximum Gasteiger partial charge on any atom is 0.147 e. The predicted octanol–water partition coefficient (Wildman–Crippen LogP) is 2.59. The third kappa shape index (κ3) is 3.59. The first-order valence-corrected chi connectivity index (χ1v) is 10.2. The number of piperidine rings is 1. The van der Waals surface area contributed by atoms with E-state index in [1.807, 2.05) is 12.3 Å². The van der Waals surface area contributed by atoms with Gasteiger partial charge < -0.3 is 21.1 Å². The van der Waals surface area contributed by atoms with Crippen LogP contribution in [0.25, 0.3) is 0 Å². The highest BCUT2D eigenvalue weighted by Crippen LogP contribution is 2.42. The highest BCUT2D eigenvalue weighted by molar-refractivity contribution is 7.99. The molecule has 2 saturated heterocycles. The van der Waals surface area contributed by atoms with Crippen molar-refractivity contribution >= 4 is 35.0 Å². The maximum atomic E-state index is 6.39. The van der Waals surface area contributed by atoms with Gasteiger partial charge in [-0.15, -0.1) is 0 Å². The summed E-state index contributed by atoms with van der Waals surface area (Å²) in [6, 6.07) is 1.93. The lowest BCUT2D eigenvalue weighted by Gasteiger charge is -2.41. The molecule has 0 unspecified atom stereocenters. The molecule has 0 bridgehead atoms. The average Bonchev–Trinajstić information content (AvgIpc) is 2.95. The molecule has 4 N–H and O–H groups in total. The SMILES string of the molecule is C[C@H]1OCC2(CCN(c3cnc(Sc4ccnc(N)c4Cl)cn3)CC2)[C@@H]1N. The summed E-state index contributed by atoms with van der Waals surface area (Å²) in [4.78, 5) is 16.2. The van der Waals surface area contributed by atoms with Gasteiger partial charge in [0.05, 0.1) is 30.1 Å². The summed E-state index contributed by atoms with van der Waals surface area (Å²) in [6.07, 6.45) is 7.39. The molecule has 144 valence electrons. The predicted molar refractivity (Wildman–Crippen MR) is 107 cm³/mol. The van der Waals surface area contributed by atoms with Crippen molar-refractivity contribution < 1.29 is 4.74 Å². The van der Waals surface area contributed by atoms with Crippen molar-refractivity contribution in [1.29, 1.82) is 0 Å². The number of hydrogen-bond acceptors (Lipinski definition) is 8. The van der Waals surface area contributed by atoms with E-state index in [2.05, 4.69) is 26.8 Å². The van der Waals surface area contributed by atoms with E-state index in [4.69, 9.17) is 27.8 Å². The minimum atomic E-state index is 0.108. The van der Waals surface area contributed by atoms with Crippen LogP contribution in [0.5, 0.6) is 0 Å². The Kier molecular flexibility index (Phi) is 5.15. The fourth-order valence-electron chi connectivity index (χ4n) is 3.81. The number of hydrogen-bond donors (Lipinski definition) is 2. The Morgan fingerprint density at radius 3 is 2.67 bits per heavy atom. The molecule has 7 nitrogen and oxygen atoms in total. The van der Waals surface area contributed by atoms with Crippen LogP contribution in [0.4, 0.5) is 11.6 Å². The number of ether oxygens (including phenoxy) is 1. The lowest BCUT2D eigenvalue weighted by atomic mass is 9.73. The molecule has 2 aliphatic heterocycles. The molecule has 9 heteroatoms. The van der Waals surface area contributed by atoms with Gasteiger partial charge in [-0.1, -0.05) is 23.4 Å². The van der Waals surface area contributed by atoms with Gasteiger partial charge in [0.25, 0.3) is 0 Å². The summed E-state index contributed by atoms with van der Waals surface area (Å²) in [5, 5.41) is 1.21. The molecule has 1 spiro atoms. The van der Waals surface area contributed by atoms with Crippen LogP contribution in [-0.4, -0.2) is 46.8 Å². The van der Waals surface area contributed by atoms with Gasteiger partial charge >= 0.3 is 0 Å². The molecule has 27 heavy (non-hydrogen) atoms. The zero-order valence-electron chi connectivity index (χ0n) is 15.1. The van der Waals surface area contributed by atoms with Gasteiger partial charge in [0, 0.05) is 35.6 Å². The van der Waals surface area contributed by atoms with Crippen molar-refractivity contribution in [2.75, 3.05) is 30.3 Å². The van der Waals surface area contributed by atoms with E-state index in [0.717, 1.165) is 48.3 Å². The number of pyridine rings is 1. The van der Waals surface area contributed by atoms with Crippen molar-refractivity contribution in [2.24, 2.45) is 11.1 Å². The van der Waals surface area contributed by atoms with Gasteiger partial charge in [-0.25, -0.2) is 15.0 Å².